The van der Waals surface area contributed by atoms with Crippen LogP contribution in [0.1, 0.15) is 22.9 Å². The monoisotopic (exact) mass is 237 g/mol. The van der Waals surface area contributed by atoms with E-state index in [4.69, 9.17) is 16.1 Å². The van der Waals surface area contributed by atoms with Crippen LogP contribution in [0.15, 0.2) is 0 Å². The predicted octanol–water partition coefficient (Wildman–Crippen LogP) is 1.63. The first-order valence-electron chi connectivity index (χ1n) is 4.84. The highest BCUT2D eigenvalue weighted by Gasteiger charge is 2.30. The Morgan fingerprint density at radius 2 is 2.44 bits per heavy atom. The quantitative estimate of drug-likeness (QED) is 0.717. The summed E-state index contributed by atoms with van der Waals surface area (Å²) in [7, 11) is 0. The molecule has 0 saturated carbocycles. The third kappa shape index (κ3) is 1.49. The summed E-state index contributed by atoms with van der Waals surface area (Å²) in [6, 6.07) is 1.98. The molecule has 1 unspecified atom stereocenters. The minimum atomic E-state index is -0.927. The van der Waals surface area contributed by atoms with E-state index in [2.05, 4.69) is 6.07 Å². The van der Waals surface area contributed by atoms with Gasteiger partial charge in [-0.3, -0.25) is 0 Å². The van der Waals surface area contributed by atoms with E-state index in [-0.39, 0.29) is 6.04 Å². The largest absolute Gasteiger partial charge is 0.465 e. The fourth-order valence-corrected chi connectivity index (χ4v) is 3.02. The Morgan fingerprint density at radius 3 is 3.00 bits per heavy atom. The topological polar surface area (TPSA) is 90.4 Å². The van der Waals surface area contributed by atoms with Crippen LogP contribution < -0.4 is 5.73 Å². The Kier molecular flexibility index (Phi) is 2.48. The van der Waals surface area contributed by atoms with Gasteiger partial charge in [0, 0.05) is 10.9 Å². The van der Waals surface area contributed by atoms with Crippen molar-refractivity contribution in [3.63, 3.8) is 0 Å². The highest BCUT2D eigenvalue weighted by Crippen LogP contribution is 2.36. The molecule has 0 aromatic carbocycles. The molecule has 1 aliphatic rings. The van der Waals surface area contributed by atoms with Crippen molar-refractivity contribution in [1.29, 1.82) is 5.26 Å². The number of rotatable bonds is 0. The van der Waals surface area contributed by atoms with Gasteiger partial charge in [-0.2, -0.15) is 5.26 Å². The van der Waals surface area contributed by atoms with Crippen molar-refractivity contribution < 1.29 is 9.90 Å². The maximum atomic E-state index is 11.0. The maximum absolute atomic E-state index is 11.0. The molecule has 0 radical (unpaired) electrons. The number of nitrogen functional groups attached to an aromatic ring is 1. The van der Waals surface area contributed by atoms with Gasteiger partial charge in [-0.05, 0) is 18.9 Å². The smallest absolute Gasteiger partial charge is 0.407 e. The first kappa shape index (κ1) is 10.8. The van der Waals surface area contributed by atoms with Crippen LogP contribution in [0.4, 0.5) is 9.80 Å². The summed E-state index contributed by atoms with van der Waals surface area (Å²) in [6.45, 7) is 2.18. The SMILES string of the molecule is CC1Cc2c(sc(N)c2C#N)CN1C(=O)O. The zero-order chi connectivity index (χ0) is 11.9. The molecule has 1 atom stereocenters. The zero-order valence-corrected chi connectivity index (χ0v) is 9.54. The number of nitriles is 1. The summed E-state index contributed by atoms with van der Waals surface area (Å²) in [5.74, 6) is 0. The second-order valence-corrected chi connectivity index (χ2v) is 4.96. The van der Waals surface area contributed by atoms with Gasteiger partial charge in [0.05, 0.1) is 12.1 Å². The molecular weight excluding hydrogens is 226 g/mol. The Balaban J connectivity index is 2.43. The molecule has 84 valence electrons. The van der Waals surface area contributed by atoms with Gasteiger partial charge in [-0.15, -0.1) is 11.3 Å². The lowest BCUT2D eigenvalue weighted by Gasteiger charge is -2.30. The van der Waals surface area contributed by atoms with Crippen molar-refractivity contribution >= 4 is 22.4 Å². The Bertz CT molecular complexity index is 489. The molecule has 1 amide bonds. The van der Waals surface area contributed by atoms with Crippen molar-refractivity contribution in [2.45, 2.75) is 25.9 Å². The van der Waals surface area contributed by atoms with Crippen molar-refractivity contribution in [2.24, 2.45) is 0 Å². The second kappa shape index (κ2) is 3.68. The minimum Gasteiger partial charge on any atom is -0.465 e. The molecule has 1 aromatic rings. The van der Waals surface area contributed by atoms with Gasteiger partial charge in [-0.1, -0.05) is 0 Å². The number of carboxylic acid groups (broad SMARTS) is 1. The molecule has 0 spiro atoms. The molecule has 0 saturated heterocycles. The van der Waals surface area contributed by atoms with Gasteiger partial charge in [-0.25, -0.2) is 4.79 Å². The van der Waals surface area contributed by atoms with Crippen LogP contribution in [0, 0.1) is 11.3 Å². The van der Waals surface area contributed by atoms with E-state index in [0.29, 0.717) is 23.5 Å². The van der Waals surface area contributed by atoms with Crippen LogP contribution in [-0.4, -0.2) is 22.1 Å². The number of thiophene rings is 1. The van der Waals surface area contributed by atoms with E-state index >= 15 is 0 Å². The highest BCUT2D eigenvalue weighted by atomic mass is 32.1. The van der Waals surface area contributed by atoms with Crippen molar-refractivity contribution in [2.75, 3.05) is 5.73 Å². The first-order valence-corrected chi connectivity index (χ1v) is 5.66. The molecule has 0 fully saturated rings. The molecule has 5 nitrogen and oxygen atoms in total. The molecule has 16 heavy (non-hydrogen) atoms. The van der Waals surface area contributed by atoms with E-state index < -0.39 is 6.09 Å². The molecule has 0 aliphatic carbocycles. The number of hydrogen-bond donors (Lipinski definition) is 2. The van der Waals surface area contributed by atoms with Gasteiger partial charge >= 0.3 is 6.09 Å². The second-order valence-electron chi connectivity index (χ2n) is 3.82. The molecule has 0 bridgehead atoms. The van der Waals surface area contributed by atoms with Crippen LogP contribution in [-0.2, 0) is 13.0 Å². The van der Waals surface area contributed by atoms with E-state index in [1.165, 1.54) is 16.2 Å². The summed E-state index contributed by atoms with van der Waals surface area (Å²) in [6.07, 6.45) is -0.360. The lowest BCUT2D eigenvalue weighted by molar-refractivity contribution is 0.120. The van der Waals surface area contributed by atoms with Crippen LogP contribution >= 0.6 is 11.3 Å². The molecule has 1 aromatic heterocycles. The lowest BCUT2D eigenvalue weighted by atomic mass is 9.98. The third-order valence-corrected chi connectivity index (χ3v) is 3.87. The summed E-state index contributed by atoms with van der Waals surface area (Å²) in [4.78, 5) is 13.2. The van der Waals surface area contributed by atoms with E-state index in [0.717, 1.165) is 10.4 Å². The van der Waals surface area contributed by atoms with E-state index in [9.17, 15) is 4.79 Å². The highest BCUT2D eigenvalue weighted by molar-refractivity contribution is 7.16. The number of hydrogen-bond acceptors (Lipinski definition) is 4. The molecule has 1 aliphatic heterocycles. The predicted molar refractivity (Wildman–Crippen MR) is 60.2 cm³/mol. The maximum Gasteiger partial charge on any atom is 0.407 e. The molecular formula is C10H11N3O2S. The average molecular weight is 237 g/mol. The number of amides is 1. The van der Waals surface area contributed by atoms with Crippen molar-refractivity contribution in [3.8, 4) is 6.07 Å². The summed E-state index contributed by atoms with van der Waals surface area (Å²) >= 11 is 1.31. The molecule has 3 N–H and O–H groups in total. The van der Waals surface area contributed by atoms with Crippen LogP contribution in [0.3, 0.4) is 0 Å². The summed E-state index contributed by atoms with van der Waals surface area (Å²) in [5.41, 5.74) is 7.18. The summed E-state index contributed by atoms with van der Waals surface area (Å²) in [5, 5.41) is 18.5. The van der Waals surface area contributed by atoms with Gasteiger partial charge in [0.1, 0.15) is 11.1 Å². The summed E-state index contributed by atoms with van der Waals surface area (Å²) < 4.78 is 0. The number of nitrogens with two attached hydrogens (primary N) is 1. The van der Waals surface area contributed by atoms with Crippen molar-refractivity contribution in [1.82, 2.24) is 4.90 Å². The van der Waals surface area contributed by atoms with E-state index in [1.807, 2.05) is 6.92 Å². The molecule has 6 heteroatoms. The third-order valence-electron chi connectivity index (χ3n) is 2.82. The normalized spacial score (nSPS) is 19.0. The average Bonchev–Trinajstić information content (AvgIpc) is 2.51. The van der Waals surface area contributed by atoms with E-state index in [1.54, 1.807) is 0 Å². The standard InChI is InChI=1S/C10H11N3O2S/c1-5-2-6-7(3-11)9(12)16-8(6)4-13(5)10(14)15/h5H,2,4,12H2,1H3,(H,14,15). The van der Waals surface area contributed by atoms with Crippen LogP contribution in [0.2, 0.25) is 0 Å². The fourth-order valence-electron chi connectivity index (χ4n) is 1.97. The number of fused-ring (bicyclic) bond motifs is 1. The molecule has 2 rings (SSSR count). The van der Waals surface area contributed by atoms with Gasteiger partial charge in [0.15, 0.2) is 0 Å². The fraction of sp³-hybridized carbons (Fsp3) is 0.400. The number of carbonyl (C=O) groups is 1. The first-order chi connectivity index (χ1) is 7.54. The number of nitrogens with zero attached hydrogens (tertiary/aromatic N) is 2. The van der Waals surface area contributed by atoms with Crippen LogP contribution in [0.25, 0.3) is 0 Å². The van der Waals surface area contributed by atoms with Crippen LogP contribution in [0.5, 0.6) is 0 Å². The zero-order valence-electron chi connectivity index (χ0n) is 8.73. The van der Waals surface area contributed by atoms with Gasteiger partial charge in [0.2, 0.25) is 0 Å². The van der Waals surface area contributed by atoms with Crippen molar-refractivity contribution in [3.05, 3.63) is 16.0 Å². The number of anilines is 1. The molecule has 2 heterocycles. The van der Waals surface area contributed by atoms with Gasteiger partial charge < -0.3 is 15.7 Å². The van der Waals surface area contributed by atoms with Gasteiger partial charge in [0.25, 0.3) is 0 Å². The Morgan fingerprint density at radius 1 is 1.75 bits per heavy atom. The minimum absolute atomic E-state index is 0.105. The lowest BCUT2D eigenvalue weighted by Crippen LogP contribution is -2.41. The Labute approximate surface area is 96.7 Å². The Hall–Kier alpha value is -1.74.